The van der Waals surface area contributed by atoms with Gasteiger partial charge in [-0.25, -0.2) is 0 Å². The summed E-state index contributed by atoms with van der Waals surface area (Å²) in [5, 5.41) is 4.08. The lowest BCUT2D eigenvalue weighted by molar-refractivity contribution is 0.393. The van der Waals surface area contributed by atoms with Crippen molar-refractivity contribution in [3.63, 3.8) is 0 Å². The number of aryl methyl sites for hydroxylation is 3. The number of aromatic nitrogens is 1. The molecule has 118 valence electrons. The standard InChI is InChI=1S/C20H22N2O/c1-5-22(18-9-7-6-8-10-18)19-13-17(12-11-14(19)2)20-15(3)21-23-16(20)4/h6-13H,5H2,1-4H3. The molecule has 1 aromatic heterocycles. The molecular formula is C20H22N2O. The normalized spacial score (nSPS) is 10.8. The highest BCUT2D eigenvalue weighted by Crippen LogP contribution is 2.34. The Kier molecular flexibility index (Phi) is 4.20. The molecule has 3 heteroatoms. The Hall–Kier alpha value is -2.55. The molecule has 0 unspecified atom stereocenters. The summed E-state index contributed by atoms with van der Waals surface area (Å²) in [5.74, 6) is 0.861. The van der Waals surface area contributed by atoms with Crippen molar-refractivity contribution >= 4 is 11.4 Å². The number of hydrogen-bond donors (Lipinski definition) is 0. The summed E-state index contributed by atoms with van der Waals surface area (Å²) in [4.78, 5) is 2.33. The van der Waals surface area contributed by atoms with Crippen LogP contribution in [0.4, 0.5) is 11.4 Å². The van der Waals surface area contributed by atoms with E-state index in [1.165, 1.54) is 16.9 Å². The van der Waals surface area contributed by atoms with Gasteiger partial charge < -0.3 is 9.42 Å². The highest BCUT2D eigenvalue weighted by Gasteiger charge is 2.15. The molecule has 0 saturated carbocycles. The van der Waals surface area contributed by atoms with E-state index in [9.17, 15) is 0 Å². The van der Waals surface area contributed by atoms with Crippen molar-refractivity contribution in [1.29, 1.82) is 0 Å². The molecule has 3 aromatic rings. The zero-order valence-corrected chi connectivity index (χ0v) is 14.1. The van der Waals surface area contributed by atoms with Crippen LogP contribution in [-0.2, 0) is 0 Å². The molecule has 0 aliphatic carbocycles. The van der Waals surface area contributed by atoms with Gasteiger partial charge in [0.2, 0.25) is 0 Å². The maximum absolute atomic E-state index is 5.33. The predicted molar refractivity (Wildman–Crippen MR) is 95.3 cm³/mol. The third-order valence-corrected chi connectivity index (χ3v) is 4.21. The van der Waals surface area contributed by atoms with Gasteiger partial charge in [-0.05, 0) is 57.0 Å². The van der Waals surface area contributed by atoms with Gasteiger partial charge >= 0.3 is 0 Å². The van der Waals surface area contributed by atoms with Crippen molar-refractivity contribution in [1.82, 2.24) is 5.16 Å². The molecule has 0 aliphatic heterocycles. The Bertz CT molecular complexity index is 786. The van der Waals surface area contributed by atoms with Gasteiger partial charge in [-0.15, -0.1) is 0 Å². The molecule has 0 atom stereocenters. The van der Waals surface area contributed by atoms with Gasteiger partial charge in [-0.1, -0.05) is 35.5 Å². The van der Waals surface area contributed by atoms with Crippen LogP contribution in [0.1, 0.15) is 23.9 Å². The molecule has 0 aliphatic rings. The lowest BCUT2D eigenvalue weighted by atomic mass is 10.0. The zero-order chi connectivity index (χ0) is 16.4. The minimum absolute atomic E-state index is 0.861. The largest absolute Gasteiger partial charge is 0.361 e. The number of nitrogens with zero attached hydrogens (tertiary/aromatic N) is 2. The maximum atomic E-state index is 5.33. The second-order valence-electron chi connectivity index (χ2n) is 5.78. The number of rotatable bonds is 4. The van der Waals surface area contributed by atoms with Gasteiger partial charge in [-0.3, -0.25) is 0 Å². The van der Waals surface area contributed by atoms with Crippen LogP contribution in [0, 0.1) is 20.8 Å². The van der Waals surface area contributed by atoms with Crippen molar-refractivity contribution in [2.75, 3.05) is 11.4 Å². The number of anilines is 2. The fraction of sp³-hybridized carbons (Fsp3) is 0.250. The molecule has 0 radical (unpaired) electrons. The topological polar surface area (TPSA) is 29.3 Å². The first-order valence-corrected chi connectivity index (χ1v) is 7.98. The molecule has 2 aromatic carbocycles. The highest BCUT2D eigenvalue weighted by atomic mass is 16.5. The Morgan fingerprint density at radius 3 is 2.35 bits per heavy atom. The van der Waals surface area contributed by atoms with Gasteiger partial charge in [-0.2, -0.15) is 0 Å². The van der Waals surface area contributed by atoms with Crippen LogP contribution in [0.25, 0.3) is 11.1 Å². The number of benzene rings is 2. The first kappa shape index (κ1) is 15.3. The molecule has 0 saturated heterocycles. The summed E-state index contributed by atoms with van der Waals surface area (Å²) in [6, 6.07) is 17.0. The van der Waals surface area contributed by atoms with Crippen molar-refractivity contribution in [3.8, 4) is 11.1 Å². The van der Waals surface area contributed by atoms with Crippen LogP contribution in [0.5, 0.6) is 0 Å². The first-order valence-electron chi connectivity index (χ1n) is 7.98. The van der Waals surface area contributed by atoms with Gasteiger partial charge in [0.15, 0.2) is 0 Å². The quantitative estimate of drug-likeness (QED) is 0.644. The lowest BCUT2D eigenvalue weighted by Gasteiger charge is -2.25. The van der Waals surface area contributed by atoms with Gasteiger partial charge in [0.1, 0.15) is 5.76 Å². The minimum Gasteiger partial charge on any atom is -0.361 e. The van der Waals surface area contributed by atoms with E-state index in [0.29, 0.717) is 0 Å². The van der Waals surface area contributed by atoms with Crippen LogP contribution in [0.15, 0.2) is 53.1 Å². The average Bonchev–Trinajstić information content (AvgIpc) is 2.90. The molecule has 23 heavy (non-hydrogen) atoms. The fourth-order valence-corrected chi connectivity index (χ4v) is 3.05. The second-order valence-corrected chi connectivity index (χ2v) is 5.78. The Labute approximate surface area is 137 Å². The fourth-order valence-electron chi connectivity index (χ4n) is 3.05. The van der Waals surface area contributed by atoms with E-state index in [1.54, 1.807) is 0 Å². The van der Waals surface area contributed by atoms with E-state index in [1.807, 2.05) is 19.9 Å². The van der Waals surface area contributed by atoms with Crippen LogP contribution < -0.4 is 4.90 Å². The molecule has 0 bridgehead atoms. The third kappa shape index (κ3) is 2.87. The molecule has 3 nitrogen and oxygen atoms in total. The Morgan fingerprint density at radius 2 is 1.74 bits per heavy atom. The van der Waals surface area contributed by atoms with Gasteiger partial charge in [0.05, 0.1) is 5.69 Å². The van der Waals surface area contributed by atoms with Crippen molar-refractivity contribution in [3.05, 3.63) is 65.5 Å². The zero-order valence-electron chi connectivity index (χ0n) is 14.1. The monoisotopic (exact) mass is 306 g/mol. The average molecular weight is 306 g/mol. The van der Waals surface area contributed by atoms with E-state index in [2.05, 4.69) is 66.4 Å². The second kappa shape index (κ2) is 6.29. The smallest absolute Gasteiger partial charge is 0.141 e. The van der Waals surface area contributed by atoms with E-state index in [4.69, 9.17) is 4.52 Å². The van der Waals surface area contributed by atoms with E-state index in [-0.39, 0.29) is 0 Å². The van der Waals surface area contributed by atoms with Crippen LogP contribution >= 0.6 is 0 Å². The van der Waals surface area contributed by atoms with Crippen molar-refractivity contribution in [2.24, 2.45) is 0 Å². The van der Waals surface area contributed by atoms with Crippen molar-refractivity contribution < 1.29 is 4.52 Å². The summed E-state index contributed by atoms with van der Waals surface area (Å²) < 4.78 is 5.33. The molecule has 3 rings (SSSR count). The molecule has 0 amide bonds. The molecule has 0 N–H and O–H groups in total. The molecule has 1 heterocycles. The number of para-hydroxylation sites is 1. The maximum Gasteiger partial charge on any atom is 0.141 e. The highest BCUT2D eigenvalue weighted by molar-refractivity contribution is 5.76. The summed E-state index contributed by atoms with van der Waals surface area (Å²) >= 11 is 0. The first-order chi connectivity index (χ1) is 11.1. The van der Waals surface area contributed by atoms with Gasteiger partial charge in [0.25, 0.3) is 0 Å². The van der Waals surface area contributed by atoms with E-state index in [0.717, 1.165) is 29.1 Å². The number of hydrogen-bond acceptors (Lipinski definition) is 3. The van der Waals surface area contributed by atoms with Crippen molar-refractivity contribution in [2.45, 2.75) is 27.7 Å². The molecule has 0 fully saturated rings. The Morgan fingerprint density at radius 1 is 1.00 bits per heavy atom. The summed E-state index contributed by atoms with van der Waals surface area (Å²) in [7, 11) is 0. The summed E-state index contributed by atoms with van der Waals surface area (Å²) in [6.07, 6.45) is 0. The summed E-state index contributed by atoms with van der Waals surface area (Å²) in [5.41, 5.74) is 6.85. The lowest BCUT2D eigenvalue weighted by Crippen LogP contribution is -2.17. The SMILES string of the molecule is CCN(c1ccccc1)c1cc(-c2c(C)noc2C)ccc1C. The minimum atomic E-state index is 0.861. The molecular weight excluding hydrogens is 284 g/mol. The molecule has 0 spiro atoms. The van der Waals surface area contributed by atoms with Gasteiger partial charge in [0, 0.05) is 23.5 Å². The predicted octanol–water partition coefficient (Wildman–Crippen LogP) is 5.42. The Balaban J connectivity index is 2.11. The van der Waals surface area contributed by atoms with Crippen LogP contribution in [0.2, 0.25) is 0 Å². The third-order valence-electron chi connectivity index (χ3n) is 4.21. The summed E-state index contributed by atoms with van der Waals surface area (Å²) in [6.45, 7) is 9.19. The van der Waals surface area contributed by atoms with E-state index < -0.39 is 0 Å². The van der Waals surface area contributed by atoms with Crippen LogP contribution in [0.3, 0.4) is 0 Å². The van der Waals surface area contributed by atoms with E-state index >= 15 is 0 Å². The van der Waals surface area contributed by atoms with Crippen LogP contribution in [-0.4, -0.2) is 11.7 Å².